The molecule has 2 bridgehead atoms. The summed E-state index contributed by atoms with van der Waals surface area (Å²) in [6.07, 6.45) is 5.43. The number of amides is 1. The van der Waals surface area contributed by atoms with Crippen LogP contribution in [0.25, 0.3) is 0 Å². The number of nitrogens with one attached hydrogen (secondary N) is 1. The second kappa shape index (κ2) is 6.72. The van der Waals surface area contributed by atoms with Crippen molar-refractivity contribution < 1.29 is 23.0 Å². The van der Waals surface area contributed by atoms with E-state index in [1.54, 1.807) is 6.07 Å². The maximum Gasteiger partial charge on any atom is 0.387 e. The van der Waals surface area contributed by atoms with E-state index in [1.165, 1.54) is 38.5 Å². The molecule has 1 amide bonds. The summed E-state index contributed by atoms with van der Waals surface area (Å²) in [5, 5.41) is 2.77. The van der Waals surface area contributed by atoms with Gasteiger partial charge < -0.3 is 14.8 Å². The molecule has 2 fully saturated rings. The van der Waals surface area contributed by atoms with Crippen LogP contribution in [0.1, 0.15) is 32.1 Å². The molecule has 3 unspecified atom stereocenters. The smallest absolute Gasteiger partial charge is 0.387 e. The number of anilines is 1. The van der Waals surface area contributed by atoms with Crippen LogP contribution in [0.4, 0.5) is 14.5 Å². The predicted molar refractivity (Wildman–Crippen MR) is 81.8 cm³/mol. The number of ether oxygens (including phenoxy) is 2. The molecule has 2 aliphatic rings. The summed E-state index contributed by atoms with van der Waals surface area (Å²) < 4.78 is 34.2. The third-order valence-corrected chi connectivity index (χ3v) is 5.00. The van der Waals surface area contributed by atoms with E-state index in [0.717, 1.165) is 12.3 Å². The first kappa shape index (κ1) is 16.0. The molecule has 0 aliphatic heterocycles. The van der Waals surface area contributed by atoms with Gasteiger partial charge in [0, 0.05) is 18.2 Å². The van der Waals surface area contributed by atoms with E-state index in [4.69, 9.17) is 4.74 Å². The summed E-state index contributed by atoms with van der Waals surface area (Å²) in [6.45, 7) is -2.94. The van der Waals surface area contributed by atoms with Crippen LogP contribution in [-0.4, -0.2) is 19.6 Å². The molecule has 126 valence electrons. The molecule has 2 aliphatic carbocycles. The lowest BCUT2D eigenvalue weighted by molar-refractivity contribution is -0.117. The van der Waals surface area contributed by atoms with Crippen LogP contribution in [-0.2, 0) is 4.79 Å². The number of halogens is 2. The molecule has 3 rings (SSSR count). The number of alkyl halides is 2. The topological polar surface area (TPSA) is 47.6 Å². The Hall–Kier alpha value is -1.85. The van der Waals surface area contributed by atoms with E-state index < -0.39 is 6.61 Å². The van der Waals surface area contributed by atoms with Crippen LogP contribution in [0.3, 0.4) is 0 Å². The minimum Gasteiger partial charge on any atom is -0.493 e. The number of hydrogen-bond donors (Lipinski definition) is 1. The maximum absolute atomic E-state index is 12.4. The van der Waals surface area contributed by atoms with Gasteiger partial charge in [-0.15, -0.1) is 0 Å². The van der Waals surface area contributed by atoms with Crippen LogP contribution >= 0.6 is 0 Å². The van der Waals surface area contributed by atoms with E-state index >= 15 is 0 Å². The molecule has 2 saturated carbocycles. The summed E-state index contributed by atoms with van der Waals surface area (Å²) in [5.74, 6) is 1.99. The molecule has 4 nitrogen and oxygen atoms in total. The van der Waals surface area contributed by atoms with Crippen LogP contribution in [0.15, 0.2) is 18.2 Å². The highest BCUT2D eigenvalue weighted by Gasteiger charge is 2.40. The van der Waals surface area contributed by atoms with Crippen molar-refractivity contribution in [1.82, 2.24) is 0 Å². The fourth-order valence-corrected chi connectivity index (χ4v) is 4.02. The maximum atomic E-state index is 12.4. The van der Waals surface area contributed by atoms with E-state index in [1.807, 2.05) is 0 Å². The van der Waals surface area contributed by atoms with E-state index in [0.29, 0.717) is 23.9 Å². The van der Waals surface area contributed by atoms with Crippen LogP contribution in [0.5, 0.6) is 11.5 Å². The SMILES string of the molecule is COc1ccc(NC(=O)CC2CC3CCC2C3)cc1OC(F)F. The molecule has 1 aromatic carbocycles. The molecule has 0 radical (unpaired) electrons. The van der Waals surface area contributed by atoms with Gasteiger partial charge in [0.05, 0.1) is 7.11 Å². The van der Waals surface area contributed by atoms with Crippen molar-refractivity contribution >= 4 is 11.6 Å². The van der Waals surface area contributed by atoms with Crippen molar-refractivity contribution in [2.24, 2.45) is 17.8 Å². The Labute approximate surface area is 134 Å². The lowest BCUT2D eigenvalue weighted by Crippen LogP contribution is -2.20. The number of carbonyl (C=O) groups excluding carboxylic acids is 1. The lowest BCUT2D eigenvalue weighted by atomic mass is 9.86. The molecule has 0 spiro atoms. The summed E-state index contributed by atoms with van der Waals surface area (Å²) in [7, 11) is 1.38. The molecular formula is C17H21F2NO3. The molecule has 3 atom stereocenters. The highest BCUT2D eigenvalue weighted by molar-refractivity contribution is 5.91. The first-order chi connectivity index (χ1) is 11.0. The number of fused-ring (bicyclic) bond motifs is 2. The van der Waals surface area contributed by atoms with Gasteiger partial charge in [-0.05, 0) is 49.1 Å². The van der Waals surface area contributed by atoms with Crippen molar-refractivity contribution in [3.63, 3.8) is 0 Å². The van der Waals surface area contributed by atoms with Gasteiger partial charge in [0.2, 0.25) is 5.91 Å². The Morgan fingerprint density at radius 3 is 2.74 bits per heavy atom. The molecular weight excluding hydrogens is 304 g/mol. The molecule has 1 aromatic rings. The Kier molecular flexibility index (Phi) is 4.68. The van der Waals surface area contributed by atoms with Gasteiger partial charge in [-0.1, -0.05) is 6.42 Å². The summed E-state index contributed by atoms with van der Waals surface area (Å²) >= 11 is 0. The Balaban J connectivity index is 1.61. The quantitative estimate of drug-likeness (QED) is 0.858. The van der Waals surface area contributed by atoms with Crippen LogP contribution < -0.4 is 14.8 Å². The zero-order valence-corrected chi connectivity index (χ0v) is 13.1. The Morgan fingerprint density at radius 1 is 1.30 bits per heavy atom. The van der Waals surface area contributed by atoms with Crippen LogP contribution in [0, 0.1) is 17.8 Å². The highest BCUT2D eigenvalue weighted by atomic mass is 19.3. The van der Waals surface area contributed by atoms with Crippen molar-refractivity contribution in [2.75, 3.05) is 12.4 Å². The second-order valence-electron chi connectivity index (χ2n) is 6.43. The Bertz CT molecular complexity index is 579. The standard InChI is InChI=1S/C17H21F2NO3/c1-22-14-5-4-13(9-15(14)23-17(18)19)20-16(21)8-12-7-10-2-3-11(12)6-10/h4-5,9-12,17H,2-3,6-8H2,1H3,(H,20,21). The number of carbonyl (C=O) groups is 1. The highest BCUT2D eigenvalue weighted by Crippen LogP contribution is 2.49. The minimum atomic E-state index is -2.94. The molecule has 6 heteroatoms. The van der Waals surface area contributed by atoms with Gasteiger partial charge in [0.15, 0.2) is 11.5 Å². The van der Waals surface area contributed by atoms with Crippen molar-refractivity contribution in [3.05, 3.63) is 18.2 Å². The number of methoxy groups -OCH3 is 1. The zero-order chi connectivity index (χ0) is 16.4. The Morgan fingerprint density at radius 2 is 2.13 bits per heavy atom. The van der Waals surface area contributed by atoms with Crippen LogP contribution in [0.2, 0.25) is 0 Å². The fraction of sp³-hybridized carbons (Fsp3) is 0.588. The van der Waals surface area contributed by atoms with Crippen molar-refractivity contribution in [3.8, 4) is 11.5 Å². The first-order valence-electron chi connectivity index (χ1n) is 7.98. The van der Waals surface area contributed by atoms with E-state index in [-0.39, 0.29) is 17.4 Å². The predicted octanol–water partition coefficient (Wildman–Crippen LogP) is 4.06. The van der Waals surface area contributed by atoms with Gasteiger partial charge in [-0.3, -0.25) is 4.79 Å². The van der Waals surface area contributed by atoms with Gasteiger partial charge >= 0.3 is 6.61 Å². The van der Waals surface area contributed by atoms with Crippen molar-refractivity contribution in [2.45, 2.75) is 38.7 Å². The third-order valence-electron chi connectivity index (χ3n) is 5.00. The minimum absolute atomic E-state index is 0.0734. The third kappa shape index (κ3) is 3.74. The summed E-state index contributed by atoms with van der Waals surface area (Å²) in [4.78, 5) is 12.2. The summed E-state index contributed by atoms with van der Waals surface area (Å²) in [6, 6.07) is 4.49. The molecule has 23 heavy (non-hydrogen) atoms. The number of benzene rings is 1. The van der Waals surface area contributed by atoms with Gasteiger partial charge in [0.25, 0.3) is 0 Å². The lowest BCUT2D eigenvalue weighted by Gasteiger charge is -2.21. The van der Waals surface area contributed by atoms with E-state index in [2.05, 4.69) is 10.1 Å². The average Bonchev–Trinajstić information content (AvgIpc) is 3.09. The average molecular weight is 325 g/mol. The van der Waals surface area contributed by atoms with Crippen molar-refractivity contribution in [1.29, 1.82) is 0 Å². The monoisotopic (exact) mass is 325 g/mol. The molecule has 1 N–H and O–H groups in total. The summed E-state index contributed by atoms with van der Waals surface area (Å²) in [5.41, 5.74) is 0.439. The molecule has 0 saturated heterocycles. The largest absolute Gasteiger partial charge is 0.493 e. The first-order valence-corrected chi connectivity index (χ1v) is 7.98. The van der Waals surface area contributed by atoms with Gasteiger partial charge in [0.1, 0.15) is 0 Å². The second-order valence-corrected chi connectivity index (χ2v) is 6.43. The number of rotatable bonds is 6. The zero-order valence-electron chi connectivity index (χ0n) is 13.1. The number of hydrogen-bond acceptors (Lipinski definition) is 3. The fourth-order valence-electron chi connectivity index (χ4n) is 4.02. The normalized spacial score (nSPS) is 25.7. The van der Waals surface area contributed by atoms with Gasteiger partial charge in [-0.25, -0.2) is 0 Å². The molecule has 0 heterocycles. The molecule has 0 aromatic heterocycles. The van der Waals surface area contributed by atoms with Gasteiger partial charge in [-0.2, -0.15) is 8.78 Å². The van der Waals surface area contributed by atoms with E-state index in [9.17, 15) is 13.6 Å².